The molecule has 5 heteroatoms. The molecule has 15 heavy (non-hydrogen) atoms. The van der Waals surface area contributed by atoms with E-state index in [2.05, 4.69) is 6.58 Å². The van der Waals surface area contributed by atoms with Gasteiger partial charge in [-0.05, 0) is 40.8 Å². The molecule has 0 unspecified atom stereocenters. The van der Waals surface area contributed by atoms with Crippen molar-refractivity contribution in [2.45, 2.75) is 0 Å². The summed E-state index contributed by atoms with van der Waals surface area (Å²) in [5.74, 6) is -0.728. The fourth-order valence-electron chi connectivity index (χ4n) is 0.951. The van der Waals surface area contributed by atoms with Gasteiger partial charge in [-0.2, -0.15) is 0 Å². The van der Waals surface area contributed by atoms with Gasteiger partial charge in [-0.25, -0.2) is 4.79 Å². The van der Waals surface area contributed by atoms with Crippen LogP contribution in [0.2, 0.25) is 0 Å². The Morgan fingerprint density at radius 2 is 2.27 bits per heavy atom. The molecule has 1 N–H and O–H groups in total. The molecule has 80 valence electrons. The van der Waals surface area contributed by atoms with Crippen LogP contribution in [0.5, 0.6) is 5.75 Å². The Bertz CT molecular complexity index is 404. The minimum absolute atomic E-state index is 0.0996. The second kappa shape index (κ2) is 5.37. The highest BCUT2D eigenvalue weighted by Gasteiger charge is 2.11. The van der Waals surface area contributed by atoms with E-state index in [0.717, 1.165) is 3.57 Å². The van der Waals surface area contributed by atoms with E-state index >= 15 is 0 Å². The third kappa shape index (κ3) is 3.71. The van der Waals surface area contributed by atoms with Crippen molar-refractivity contribution in [3.63, 3.8) is 0 Å². The largest absolute Gasteiger partial charge is 0.487 e. The first-order valence-corrected chi connectivity index (χ1v) is 5.45. The van der Waals surface area contributed by atoms with Crippen LogP contribution in [0.25, 0.3) is 0 Å². The highest BCUT2D eigenvalue weighted by molar-refractivity contribution is 14.1. The Balaban J connectivity index is 2.95. The Morgan fingerprint density at radius 3 is 2.80 bits per heavy atom. The predicted octanol–water partition coefficient (Wildman–Crippen LogP) is 3.12. The third-order valence-corrected chi connectivity index (χ3v) is 2.34. The summed E-state index contributed by atoms with van der Waals surface area (Å²) in [6.45, 7) is 3.55. The number of hydrogen-bond acceptors (Lipinski definition) is 2. The van der Waals surface area contributed by atoms with Gasteiger partial charge in [0.2, 0.25) is 0 Å². The Labute approximate surface area is 106 Å². The zero-order valence-corrected chi connectivity index (χ0v) is 10.6. The molecule has 0 bridgehead atoms. The smallest absolute Gasteiger partial charge is 0.339 e. The number of rotatable bonds is 4. The first-order chi connectivity index (χ1) is 7.00. The third-order valence-electron chi connectivity index (χ3n) is 1.56. The van der Waals surface area contributed by atoms with E-state index in [1.165, 1.54) is 6.07 Å². The van der Waals surface area contributed by atoms with Gasteiger partial charge in [-0.15, -0.1) is 0 Å². The quantitative estimate of drug-likeness (QED) is 0.858. The highest BCUT2D eigenvalue weighted by Crippen LogP contribution is 2.22. The zero-order chi connectivity index (χ0) is 11.4. The van der Waals surface area contributed by atoms with Gasteiger partial charge in [0.05, 0.1) is 0 Å². The lowest BCUT2D eigenvalue weighted by molar-refractivity contribution is 0.0692. The van der Waals surface area contributed by atoms with Crippen molar-refractivity contribution in [3.05, 3.63) is 38.9 Å². The number of carbonyl (C=O) groups is 1. The summed E-state index contributed by atoms with van der Waals surface area (Å²) in [7, 11) is 0. The molecule has 1 rings (SSSR count). The maximum atomic E-state index is 10.9. The van der Waals surface area contributed by atoms with E-state index < -0.39 is 5.97 Å². The number of halogens is 2. The summed E-state index contributed by atoms with van der Waals surface area (Å²) in [6, 6.07) is 4.90. The van der Waals surface area contributed by atoms with Crippen molar-refractivity contribution >= 4 is 40.2 Å². The van der Waals surface area contributed by atoms with Crippen molar-refractivity contribution < 1.29 is 14.6 Å². The molecule has 1 aromatic carbocycles. The lowest BCUT2D eigenvalue weighted by Crippen LogP contribution is -2.04. The molecule has 0 radical (unpaired) electrons. The zero-order valence-electron chi connectivity index (χ0n) is 7.67. The van der Waals surface area contributed by atoms with Crippen LogP contribution in [0, 0.1) is 3.57 Å². The molecule has 0 aliphatic rings. The van der Waals surface area contributed by atoms with Gasteiger partial charge in [0.1, 0.15) is 17.9 Å². The lowest BCUT2D eigenvalue weighted by atomic mass is 10.2. The van der Waals surface area contributed by atoms with Gasteiger partial charge < -0.3 is 9.84 Å². The Morgan fingerprint density at radius 1 is 1.60 bits per heavy atom. The van der Waals surface area contributed by atoms with E-state index in [4.69, 9.17) is 21.4 Å². The van der Waals surface area contributed by atoms with E-state index in [-0.39, 0.29) is 12.2 Å². The van der Waals surface area contributed by atoms with Crippen LogP contribution in [0.3, 0.4) is 0 Å². The van der Waals surface area contributed by atoms with Crippen LogP contribution >= 0.6 is 34.2 Å². The van der Waals surface area contributed by atoms with Gasteiger partial charge in [0.15, 0.2) is 0 Å². The second-order valence-electron chi connectivity index (χ2n) is 2.75. The molecule has 0 saturated carbocycles. The number of hydrogen-bond donors (Lipinski definition) is 1. The van der Waals surface area contributed by atoms with Crippen LogP contribution in [-0.2, 0) is 0 Å². The van der Waals surface area contributed by atoms with Crippen LogP contribution in [-0.4, -0.2) is 17.7 Å². The molecule has 0 heterocycles. The average Bonchev–Trinajstić information content (AvgIpc) is 2.15. The summed E-state index contributed by atoms with van der Waals surface area (Å²) in [5.41, 5.74) is 0.125. The van der Waals surface area contributed by atoms with Gasteiger partial charge in [-0.3, -0.25) is 0 Å². The van der Waals surface area contributed by atoms with Crippen molar-refractivity contribution in [1.29, 1.82) is 0 Å². The lowest BCUT2D eigenvalue weighted by Gasteiger charge is -2.08. The summed E-state index contributed by atoms with van der Waals surface area (Å²) in [4.78, 5) is 10.9. The standard InChI is InChI=1S/C10H8ClIO3/c1-6(11)5-15-9-3-2-7(12)4-8(9)10(13)14/h2-4H,1,5H2,(H,13,14). The molecule has 1 aromatic rings. The number of aromatic carboxylic acids is 1. The summed E-state index contributed by atoms with van der Waals surface area (Å²) in [6.07, 6.45) is 0. The molecule has 0 aliphatic heterocycles. The first kappa shape index (κ1) is 12.3. The van der Waals surface area contributed by atoms with Crippen molar-refractivity contribution in [3.8, 4) is 5.75 Å². The molecule has 0 saturated heterocycles. The van der Waals surface area contributed by atoms with E-state index in [1.54, 1.807) is 12.1 Å². The molecular formula is C10H8ClIO3. The normalized spacial score (nSPS) is 9.73. The molecular weight excluding hydrogens is 330 g/mol. The average molecular weight is 339 g/mol. The number of benzene rings is 1. The van der Waals surface area contributed by atoms with Crippen LogP contribution in [0.1, 0.15) is 10.4 Å². The molecule has 0 fully saturated rings. The summed E-state index contributed by atoms with van der Waals surface area (Å²) >= 11 is 7.56. The fourth-order valence-corrected chi connectivity index (χ4v) is 1.50. The number of carboxylic acid groups (broad SMARTS) is 1. The molecule has 0 atom stereocenters. The first-order valence-electron chi connectivity index (χ1n) is 3.99. The fraction of sp³-hybridized carbons (Fsp3) is 0.100. The molecule has 0 amide bonds. The number of carboxylic acids is 1. The van der Waals surface area contributed by atoms with Crippen molar-refractivity contribution in [2.24, 2.45) is 0 Å². The Kier molecular flexibility index (Phi) is 4.41. The molecule has 3 nitrogen and oxygen atoms in total. The van der Waals surface area contributed by atoms with Crippen LogP contribution < -0.4 is 4.74 Å². The van der Waals surface area contributed by atoms with E-state index in [9.17, 15) is 4.79 Å². The molecule has 0 aliphatic carbocycles. The van der Waals surface area contributed by atoms with Crippen molar-refractivity contribution in [1.82, 2.24) is 0 Å². The van der Waals surface area contributed by atoms with Crippen LogP contribution in [0.4, 0.5) is 0 Å². The van der Waals surface area contributed by atoms with Gasteiger partial charge in [0, 0.05) is 8.60 Å². The molecule has 0 aromatic heterocycles. The topological polar surface area (TPSA) is 46.5 Å². The molecule has 0 spiro atoms. The monoisotopic (exact) mass is 338 g/mol. The predicted molar refractivity (Wildman–Crippen MR) is 66.6 cm³/mol. The SMILES string of the molecule is C=C(Cl)COc1ccc(I)cc1C(=O)O. The van der Waals surface area contributed by atoms with Crippen LogP contribution in [0.15, 0.2) is 29.8 Å². The summed E-state index contributed by atoms with van der Waals surface area (Å²) < 4.78 is 6.03. The maximum absolute atomic E-state index is 10.9. The Hall–Kier alpha value is -0.750. The van der Waals surface area contributed by atoms with Gasteiger partial charge in [0.25, 0.3) is 0 Å². The minimum atomic E-state index is -1.02. The highest BCUT2D eigenvalue weighted by atomic mass is 127. The maximum Gasteiger partial charge on any atom is 0.339 e. The van der Waals surface area contributed by atoms with E-state index in [1.807, 2.05) is 22.6 Å². The summed E-state index contributed by atoms with van der Waals surface area (Å²) in [5, 5.41) is 9.24. The number of ether oxygens (including phenoxy) is 1. The second-order valence-corrected chi connectivity index (χ2v) is 4.53. The van der Waals surface area contributed by atoms with Gasteiger partial charge in [-0.1, -0.05) is 18.2 Å². The van der Waals surface area contributed by atoms with E-state index in [0.29, 0.717) is 10.8 Å². The minimum Gasteiger partial charge on any atom is -0.487 e. The van der Waals surface area contributed by atoms with Crippen molar-refractivity contribution in [2.75, 3.05) is 6.61 Å². The van der Waals surface area contributed by atoms with Gasteiger partial charge >= 0.3 is 5.97 Å².